The van der Waals surface area contributed by atoms with Crippen molar-refractivity contribution >= 4 is 18.1 Å². The van der Waals surface area contributed by atoms with Crippen molar-refractivity contribution in [2.45, 2.75) is 37.9 Å². The molecule has 2 aromatic carbocycles. The predicted molar refractivity (Wildman–Crippen MR) is 120 cm³/mol. The number of aliphatic hydroxyl groups is 1. The monoisotopic (exact) mass is 425 g/mol. The van der Waals surface area contributed by atoms with E-state index in [1.54, 1.807) is 24.3 Å². The third-order valence-electron chi connectivity index (χ3n) is 3.94. The molecular weight excluding hydrogens is 398 g/mol. The number of aliphatic hydroxyl groups excluding tert-OH is 1. The number of benzene rings is 2. The molecule has 0 spiro atoms. The maximum Gasteiger partial charge on any atom is 0.270 e. The maximum atomic E-state index is 13.0. The Hall–Kier alpha value is -2.51. The van der Waals surface area contributed by atoms with Crippen LogP contribution < -0.4 is 0 Å². The van der Waals surface area contributed by atoms with Gasteiger partial charge in [-0.3, -0.25) is 0 Å². The Balaban J connectivity index is 2.44. The summed E-state index contributed by atoms with van der Waals surface area (Å²) in [6, 6.07) is 16.9. The average Bonchev–Trinajstić information content (AvgIpc) is 2.66. The molecule has 4 nitrogen and oxygen atoms in total. The van der Waals surface area contributed by atoms with Crippen molar-refractivity contribution in [2.75, 3.05) is 13.2 Å². The van der Waals surface area contributed by atoms with E-state index in [2.05, 4.69) is 43.1 Å². The predicted octanol–water partition coefficient (Wildman–Crippen LogP) is 3.61. The lowest BCUT2D eigenvalue weighted by molar-refractivity contribution is 0.280. The molecule has 0 unspecified atom stereocenters. The van der Waals surface area contributed by atoms with Crippen LogP contribution in [0.1, 0.15) is 23.1 Å². The number of aryl methyl sites for hydroxylation is 1. The second-order valence-electron chi connectivity index (χ2n) is 7.75. The van der Waals surface area contributed by atoms with Gasteiger partial charge in [-0.05, 0) is 43.5 Å². The van der Waals surface area contributed by atoms with Crippen molar-refractivity contribution in [2.24, 2.45) is 0 Å². The van der Waals surface area contributed by atoms with Crippen molar-refractivity contribution in [3.05, 3.63) is 65.2 Å². The van der Waals surface area contributed by atoms with E-state index in [0.717, 1.165) is 15.4 Å². The van der Waals surface area contributed by atoms with E-state index < -0.39 is 18.1 Å². The molecule has 0 aromatic heterocycles. The van der Waals surface area contributed by atoms with Gasteiger partial charge < -0.3 is 5.11 Å². The summed E-state index contributed by atoms with van der Waals surface area (Å²) in [5.41, 5.74) is 5.77. The van der Waals surface area contributed by atoms with Crippen molar-refractivity contribution in [3.8, 4) is 23.4 Å². The minimum Gasteiger partial charge on any atom is -0.396 e. The largest absolute Gasteiger partial charge is 0.396 e. The first-order chi connectivity index (χ1) is 13.6. The molecular formula is C23H27NO3SSi. The van der Waals surface area contributed by atoms with Crippen LogP contribution in [0.2, 0.25) is 19.6 Å². The van der Waals surface area contributed by atoms with Crippen LogP contribution in [0.15, 0.2) is 53.4 Å². The van der Waals surface area contributed by atoms with E-state index in [4.69, 9.17) is 0 Å². The molecule has 0 aliphatic heterocycles. The molecule has 0 heterocycles. The van der Waals surface area contributed by atoms with Gasteiger partial charge in [0.25, 0.3) is 10.0 Å². The highest BCUT2D eigenvalue weighted by molar-refractivity contribution is 7.89. The smallest absolute Gasteiger partial charge is 0.270 e. The standard InChI is InChI=1S/C23H27NO3SSi/c1-20-10-12-23(13-11-20)28(26,27)24(16-7-18-25)17-14-21-8-5-6-9-22(21)15-19-29(2,3)4/h5-6,8-13,25H,7,16,18H2,1-4H3. The Morgan fingerprint density at radius 1 is 0.966 bits per heavy atom. The first-order valence-corrected chi connectivity index (χ1v) is 14.4. The Morgan fingerprint density at radius 2 is 1.55 bits per heavy atom. The summed E-state index contributed by atoms with van der Waals surface area (Å²) in [6.45, 7) is 8.40. The number of nitrogens with zero attached hydrogens (tertiary/aromatic N) is 1. The summed E-state index contributed by atoms with van der Waals surface area (Å²) >= 11 is 0. The SMILES string of the molecule is Cc1ccc(S(=O)(=O)N(C#Cc2ccccc2C#C[Si](C)(C)C)CCCO)cc1. The number of sulfonamides is 1. The number of hydrogen-bond acceptors (Lipinski definition) is 3. The van der Waals surface area contributed by atoms with Crippen molar-refractivity contribution in [1.29, 1.82) is 0 Å². The second kappa shape index (κ2) is 9.80. The third kappa shape index (κ3) is 6.80. The molecule has 29 heavy (non-hydrogen) atoms. The van der Waals surface area contributed by atoms with Gasteiger partial charge in [0.05, 0.1) is 4.90 Å². The quantitative estimate of drug-likeness (QED) is 0.452. The van der Waals surface area contributed by atoms with Gasteiger partial charge in [0, 0.05) is 30.3 Å². The van der Waals surface area contributed by atoms with Gasteiger partial charge in [-0.15, -0.1) is 5.54 Å². The van der Waals surface area contributed by atoms with Gasteiger partial charge in [-0.1, -0.05) is 55.4 Å². The van der Waals surface area contributed by atoms with Crippen molar-refractivity contribution < 1.29 is 13.5 Å². The molecule has 2 aromatic rings. The van der Waals surface area contributed by atoms with E-state index in [-0.39, 0.29) is 18.0 Å². The summed E-state index contributed by atoms with van der Waals surface area (Å²) in [7, 11) is -5.34. The fourth-order valence-electron chi connectivity index (χ4n) is 2.37. The number of hydrogen-bond donors (Lipinski definition) is 1. The summed E-state index contributed by atoms with van der Waals surface area (Å²) in [6.07, 6.45) is 0.302. The van der Waals surface area contributed by atoms with Crippen LogP contribution in [0.25, 0.3) is 0 Å². The van der Waals surface area contributed by atoms with Gasteiger partial charge in [-0.2, -0.15) is 0 Å². The highest BCUT2D eigenvalue weighted by Crippen LogP contribution is 2.16. The van der Waals surface area contributed by atoms with Crippen LogP contribution in [0, 0.1) is 30.4 Å². The zero-order chi connectivity index (χ0) is 21.5. The average molecular weight is 426 g/mol. The minimum atomic E-state index is -3.79. The molecule has 152 valence electrons. The lowest BCUT2D eigenvalue weighted by Crippen LogP contribution is -2.28. The fraction of sp³-hybridized carbons (Fsp3) is 0.304. The minimum absolute atomic E-state index is 0.111. The molecule has 0 saturated carbocycles. The van der Waals surface area contributed by atoms with Crippen LogP contribution in [-0.2, 0) is 10.0 Å². The highest BCUT2D eigenvalue weighted by Gasteiger charge is 2.21. The molecule has 2 rings (SSSR count). The molecule has 0 amide bonds. The third-order valence-corrected chi connectivity index (χ3v) is 6.54. The van der Waals surface area contributed by atoms with Crippen LogP contribution in [0.4, 0.5) is 0 Å². The van der Waals surface area contributed by atoms with Crippen LogP contribution in [-0.4, -0.2) is 39.1 Å². The van der Waals surface area contributed by atoms with Crippen LogP contribution >= 0.6 is 0 Å². The maximum absolute atomic E-state index is 13.0. The van der Waals surface area contributed by atoms with Crippen LogP contribution in [0.3, 0.4) is 0 Å². The molecule has 0 fully saturated rings. The van der Waals surface area contributed by atoms with Crippen molar-refractivity contribution in [3.63, 3.8) is 0 Å². The Bertz CT molecular complexity index is 1060. The van der Waals surface area contributed by atoms with Gasteiger partial charge >= 0.3 is 0 Å². The molecule has 0 aliphatic carbocycles. The van der Waals surface area contributed by atoms with Crippen LogP contribution in [0.5, 0.6) is 0 Å². The summed E-state index contributed by atoms with van der Waals surface area (Å²) in [5.74, 6) is 6.17. The Labute approximate surface area is 175 Å². The Morgan fingerprint density at radius 3 is 2.10 bits per heavy atom. The summed E-state index contributed by atoms with van der Waals surface area (Å²) in [4.78, 5) is 0.183. The second-order valence-corrected chi connectivity index (χ2v) is 14.4. The molecule has 0 bridgehead atoms. The summed E-state index contributed by atoms with van der Waals surface area (Å²) < 4.78 is 27.2. The van der Waals surface area contributed by atoms with E-state index in [9.17, 15) is 13.5 Å². The lowest BCUT2D eigenvalue weighted by Gasteiger charge is -2.17. The highest BCUT2D eigenvalue weighted by atomic mass is 32.2. The molecule has 0 radical (unpaired) electrons. The molecule has 0 atom stereocenters. The van der Waals surface area contributed by atoms with Crippen molar-refractivity contribution in [1.82, 2.24) is 4.31 Å². The van der Waals surface area contributed by atoms with E-state index >= 15 is 0 Å². The van der Waals surface area contributed by atoms with Gasteiger partial charge in [0.15, 0.2) is 0 Å². The van der Waals surface area contributed by atoms with E-state index in [1.165, 1.54) is 0 Å². The molecule has 6 heteroatoms. The van der Waals surface area contributed by atoms with Gasteiger partial charge in [0.2, 0.25) is 0 Å². The fourth-order valence-corrected chi connectivity index (χ4v) is 4.15. The zero-order valence-electron chi connectivity index (χ0n) is 17.4. The zero-order valence-corrected chi connectivity index (χ0v) is 19.2. The first kappa shape index (κ1) is 22.8. The summed E-state index contributed by atoms with van der Waals surface area (Å²) in [5, 5.41) is 9.18. The normalized spacial score (nSPS) is 11.1. The topological polar surface area (TPSA) is 57.6 Å². The first-order valence-electron chi connectivity index (χ1n) is 9.47. The number of rotatable bonds is 5. The molecule has 1 N–H and O–H groups in total. The van der Waals surface area contributed by atoms with Gasteiger partial charge in [-0.25, -0.2) is 12.7 Å². The van der Waals surface area contributed by atoms with Gasteiger partial charge in [0.1, 0.15) is 8.07 Å². The van der Waals surface area contributed by atoms with E-state index in [0.29, 0.717) is 12.0 Å². The van der Waals surface area contributed by atoms with E-state index in [1.807, 2.05) is 31.2 Å². The molecule has 0 aliphatic rings. The lowest BCUT2D eigenvalue weighted by atomic mass is 10.1. The molecule has 0 saturated heterocycles. The Kier molecular flexibility index (Phi) is 7.70.